The van der Waals surface area contributed by atoms with Gasteiger partial charge in [0.2, 0.25) is 0 Å². The molecule has 4 nitrogen and oxygen atoms in total. The van der Waals surface area contributed by atoms with Crippen molar-refractivity contribution in [3.63, 3.8) is 0 Å². The molecule has 6 heteroatoms. The van der Waals surface area contributed by atoms with Gasteiger partial charge in [-0.15, -0.1) is 0 Å². The number of rotatable bonds is 3. The molecule has 0 saturated carbocycles. The summed E-state index contributed by atoms with van der Waals surface area (Å²) in [6.45, 7) is 0. The topological polar surface area (TPSA) is 58.9 Å². The van der Waals surface area contributed by atoms with Gasteiger partial charge in [-0.3, -0.25) is 9.97 Å². The monoisotopic (exact) mass is 349 g/mol. The number of pyridine rings is 3. The van der Waals surface area contributed by atoms with Gasteiger partial charge in [0.05, 0.1) is 16.9 Å². The van der Waals surface area contributed by atoms with Crippen molar-refractivity contribution in [2.45, 2.75) is 6.10 Å². The average Bonchev–Trinajstić information content (AvgIpc) is 2.69. The molecule has 26 heavy (non-hydrogen) atoms. The van der Waals surface area contributed by atoms with Crippen LogP contribution in [0.15, 0.2) is 67.1 Å². The Morgan fingerprint density at radius 1 is 0.885 bits per heavy atom. The first-order valence-corrected chi connectivity index (χ1v) is 7.92. The zero-order chi connectivity index (χ0) is 18.1. The lowest BCUT2D eigenvalue weighted by Gasteiger charge is -2.15. The van der Waals surface area contributed by atoms with Gasteiger partial charge >= 0.3 is 0 Å². The number of benzene rings is 1. The molecule has 4 aromatic rings. The van der Waals surface area contributed by atoms with Crippen molar-refractivity contribution in [2.75, 3.05) is 0 Å². The van der Waals surface area contributed by atoms with Crippen molar-refractivity contribution in [3.05, 3.63) is 90.0 Å². The summed E-state index contributed by atoms with van der Waals surface area (Å²) in [5.74, 6) is -1.99. The second-order valence-corrected chi connectivity index (χ2v) is 5.77. The largest absolute Gasteiger partial charge is 0.382 e. The molecule has 0 fully saturated rings. The van der Waals surface area contributed by atoms with Crippen LogP contribution in [0, 0.1) is 11.6 Å². The Labute approximate surface area is 147 Å². The smallest absolute Gasteiger partial charge is 0.159 e. The third-order valence-electron chi connectivity index (χ3n) is 4.12. The first-order chi connectivity index (χ1) is 12.6. The van der Waals surface area contributed by atoms with Crippen LogP contribution in [-0.4, -0.2) is 20.1 Å². The Kier molecular flexibility index (Phi) is 4.10. The predicted octanol–water partition coefficient (Wildman–Crippen LogP) is 4.05. The minimum absolute atomic E-state index is 0.216. The number of halogens is 2. The molecule has 0 aliphatic rings. The van der Waals surface area contributed by atoms with E-state index in [1.165, 1.54) is 6.07 Å². The highest BCUT2D eigenvalue weighted by Crippen LogP contribution is 2.30. The number of aliphatic hydroxyl groups is 1. The van der Waals surface area contributed by atoms with E-state index in [0.29, 0.717) is 22.3 Å². The van der Waals surface area contributed by atoms with Gasteiger partial charge in [-0.1, -0.05) is 6.07 Å². The van der Waals surface area contributed by atoms with Crippen LogP contribution in [0.4, 0.5) is 8.78 Å². The second-order valence-electron chi connectivity index (χ2n) is 5.77. The van der Waals surface area contributed by atoms with Crippen LogP contribution in [0.2, 0.25) is 0 Å². The molecule has 0 aliphatic heterocycles. The second kappa shape index (κ2) is 6.57. The van der Waals surface area contributed by atoms with Crippen LogP contribution in [-0.2, 0) is 0 Å². The van der Waals surface area contributed by atoms with Gasteiger partial charge in [-0.2, -0.15) is 0 Å². The molecule has 0 saturated heterocycles. The van der Waals surface area contributed by atoms with Gasteiger partial charge in [0.1, 0.15) is 6.10 Å². The van der Waals surface area contributed by atoms with E-state index in [9.17, 15) is 13.9 Å². The van der Waals surface area contributed by atoms with Gasteiger partial charge < -0.3 is 5.11 Å². The Hall–Kier alpha value is -3.25. The molecule has 1 atom stereocenters. The van der Waals surface area contributed by atoms with Gasteiger partial charge in [0.25, 0.3) is 0 Å². The predicted molar refractivity (Wildman–Crippen MR) is 93.2 cm³/mol. The van der Waals surface area contributed by atoms with E-state index < -0.39 is 17.7 Å². The average molecular weight is 349 g/mol. The van der Waals surface area contributed by atoms with E-state index in [0.717, 1.165) is 17.7 Å². The maximum Gasteiger partial charge on any atom is 0.159 e. The summed E-state index contributed by atoms with van der Waals surface area (Å²) in [6, 6.07) is 12.2. The van der Waals surface area contributed by atoms with Gasteiger partial charge in [-0.05, 0) is 48.0 Å². The summed E-state index contributed by atoms with van der Waals surface area (Å²) in [5.41, 5.74) is 2.61. The number of hydrogen-bond acceptors (Lipinski definition) is 4. The molecule has 0 amide bonds. The van der Waals surface area contributed by atoms with Crippen molar-refractivity contribution in [1.29, 1.82) is 0 Å². The van der Waals surface area contributed by atoms with E-state index in [-0.39, 0.29) is 5.56 Å². The molecule has 0 spiro atoms. The minimum Gasteiger partial charge on any atom is -0.382 e. The summed E-state index contributed by atoms with van der Waals surface area (Å²) < 4.78 is 26.8. The van der Waals surface area contributed by atoms with Gasteiger partial charge in [0.15, 0.2) is 11.6 Å². The third kappa shape index (κ3) is 2.91. The number of aromatic nitrogens is 3. The highest BCUT2D eigenvalue weighted by Gasteiger charge is 2.19. The van der Waals surface area contributed by atoms with Crippen LogP contribution < -0.4 is 0 Å². The first-order valence-electron chi connectivity index (χ1n) is 7.92. The number of nitrogens with zero attached hydrogens (tertiary/aromatic N) is 3. The van der Waals surface area contributed by atoms with E-state index in [1.54, 1.807) is 42.9 Å². The molecule has 3 aromatic heterocycles. The molecule has 0 unspecified atom stereocenters. The minimum atomic E-state index is -1.22. The first kappa shape index (κ1) is 16.2. The molecule has 128 valence electrons. The summed E-state index contributed by atoms with van der Waals surface area (Å²) in [5, 5.41) is 11.4. The molecule has 1 N–H and O–H groups in total. The number of aliphatic hydroxyl groups excluding tert-OH is 1. The molecular formula is C20H13F2N3O. The summed E-state index contributed by atoms with van der Waals surface area (Å²) in [6.07, 6.45) is 3.71. The molecule has 4 rings (SSSR count). The third-order valence-corrected chi connectivity index (χ3v) is 4.12. The maximum absolute atomic E-state index is 13.6. The van der Waals surface area contributed by atoms with E-state index >= 15 is 0 Å². The van der Waals surface area contributed by atoms with Gasteiger partial charge in [0, 0.05) is 29.5 Å². The molecule has 3 heterocycles. The van der Waals surface area contributed by atoms with Crippen LogP contribution in [0.1, 0.15) is 17.4 Å². The van der Waals surface area contributed by atoms with Crippen molar-refractivity contribution in [2.24, 2.45) is 0 Å². The standard InChI is InChI=1S/C20H13F2N3O/c21-15-4-3-13(10-16(15)22)20(26)19-14-2-1-7-24-18(14)11-17(25-19)12-5-8-23-9-6-12/h1-11,20,26H/t20-/m0/s1. The fourth-order valence-electron chi connectivity index (χ4n) is 2.82. The lowest BCUT2D eigenvalue weighted by Crippen LogP contribution is -2.06. The van der Waals surface area contributed by atoms with E-state index in [1.807, 2.05) is 6.07 Å². The SMILES string of the molecule is O[C@@H](c1ccc(F)c(F)c1)c1nc(-c2ccncc2)cc2ncccc12. The molecule has 0 aliphatic carbocycles. The van der Waals surface area contributed by atoms with Crippen LogP contribution >= 0.6 is 0 Å². The van der Waals surface area contributed by atoms with Crippen LogP contribution in [0.25, 0.3) is 22.2 Å². The van der Waals surface area contributed by atoms with Crippen molar-refractivity contribution < 1.29 is 13.9 Å². The Morgan fingerprint density at radius 2 is 1.69 bits per heavy atom. The highest BCUT2D eigenvalue weighted by atomic mass is 19.2. The van der Waals surface area contributed by atoms with Gasteiger partial charge in [-0.25, -0.2) is 13.8 Å². The Morgan fingerprint density at radius 3 is 2.46 bits per heavy atom. The zero-order valence-electron chi connectivity index (χ0n) is 13.5. The highest BCUT2D eigenvalue weighted by molar-refractivity contribution is 5.85. The van der Waals surface area contributed by atoms with Crippen LogP contribution in [0.5, 0.6) is 0 Å². The zero-order valence-corrected chi connectivity index (χ0v) is 13.5. The normalized spacial score (nSPS) is 12.3. The van der Waals surface area contributed by atoms with Crippen molar-refractivity contribution >= 4 is 10.9 Å². The lowest BCUT2D eigenvalue weighted by atomic mass is 10.0. The van der Waals surface area contributed by atoms with E-state index in [2.05, 4.69) is 15.0 Å². The summed E-state index contributed by atoms with van der Waals surface area (Å²) in [4.78, 5) is 12.9. The molecule has 0 bridgehead atoms. The Bertz CT molecular complexity index is 1090. The summed E-state index contributed by atoms with van der Waals surface area (Å²) in [7, 11) is 0. The Balaban J connectivity index is 1.91. The number of hydrogen-bond donors (Lipinski definition) is 1. The van der Waals surface area contributed by atoms with E-state index in [4.69, 9.17) is 0 Å². The van der Waals surface area contributed by atoms with Crippen molar-refractivity contribution in [1.82, 2.24) is 15.0 Å². The quantitative estimate of drug-likeness (QED) is 0.606. The molecule has 0 radical (unpaired) electrons. The maximum atomic E-state index is 13.6. The number of fused-ring (bicyclic) bond motifs is 1. The lowest BCUT2D eigenvalue weighted by molar-refractivity contribution is 0.216. The van der Waals surface area contributed by atoms with Crippen LogP contribution in [0.3, 0.4) is 0 Å². The molecule has 1 aromatic carbocycles. The fourth-order valence-corrected chi connectivity index (χ4v) is 2.82. The fraction of sp³-hybridized carbons (Fsp3) is 0.0500. The molecular weight excluding hydrogens is 336 g/mol. The van der Waals surface area contributed by atoms with Crippen molar-refractivity contribution in [3.8, 4) is 11.3 Å². The summed E-state index contributed by atoms with van der Waals surface area (Å²) >= 11 is 0.